The van der Waals surface area contributed by atoms with Crippen LogP contribution in [-0.4, -0.2) is 54.0 Å². The van der Waals surface area contributed by atoms with Gasteiger partial charge in [0, 0.05) is 49.4 Å². The Balaban J connectivity index is 1.40. The zero-order valence-electron chi connectivity index (χ0n) is 22.2. The van der Waals surface area contributed by atoms with Gasteiger partial charge in [0.15, 0.2) is 11.6 Å². The van der Waals surface area contributed by atoms with Crippen molar-refractivity contribution in [1.82, 2.24) is 14.9 Å². The Morgan fingerprint density at radius 3 is 2.31 bits per heavy atom. The summed E-state index contributed by atoms with van der Waals surface area (Å²) in [6, 6.07) is 19.7. The standard InChI is InChI=1S/C30H31FN6O2/c1-20-7-6-8-21(2)27(20)34-28(38)24-19-32-30(35-29(24)39-26-10-5-4-9-25(26)31)33-22-11-13-23(14-12-22)37-17-15-36(3)16-18-37/h4-14,19H,15-18H2,1-3H3,(H,34,38)(H,32,33,35). The molecule has 2 N–H and O–H groups in total. The lowest BCUT2D eigenvalue weighted by atomic mass is 10.1. The van der Waals surface area contributed by atoms with Gasteiger partial charge in [0.25, 0.3) is 5.91 Å². The summed E-state index contributed by atoms with van der Waals surface area (Å²) >= 11 is 0. The molecule has 0 saturated carbocycles. The van der Waals surface area contributed by atoms with Gasteiger partial charge < -0.3 is 25.2 Å². The highest BCUT2D eigenvalue weighted by atomic mass is 19.1. The number of hydrogen-bond acceptors (Lipinski definition) is 7. The van der Waals surface area contributed by atoms with Gasteiger partial charge in [0.05, 0.1) is 0 Å². The second-order valence-electron chi connectivity index (χ2n) is 9.63. The number of rotatable bonds is 7. The zero-order valence-corrected chi connectivity index (χ0v) is 22.2. The van der Waals surface area contributed by atoms with E-state index in [2.05, 4.69) is 49.6 Å². The van der Waals surface area contributed by atoms with Crippen LogP contribution in [0.5, 0.6) is 11.6 Å². The third kappa shape index (κ3) is 6.15. The Morgan fingerprint density at radius 1 is 0.923 bits per heavy atom. The lowest BCUT2D eigenvalue weighted by Crippen LogP contribution is -2.44. The number of nitrogens with one attached hydrogen (secondary N) is 2. The molecule has 1 aliphatic heterocycles. The summed E-state index contributed by atoms with van der Waals surface area (Å²) in [5.74, 6) is -0.902. The number of aryl methyl sites for hydroxylation is 2. The highest BCUT2D eigenvalue weighted by Gasteiger charge is 2.20. The second-order valence-corrected chi connectivity index (χ2v) is 9.63. The van der Waals surface area contributed by atoms with Crippen molar-refractivity contribution in [3.8, 4) is 11.6 Å². The van der Waals surface area contributed by atoms with E-state index in [9.17, 15) is 9.18 Å². The van der Waals surface area contributed by atoms with Crippen molar-refractivity contribution in [2.75, 3.05) is 48.8 Å². The summed E-state index contributed by atoms with van der Waals surface area (Å²) in [5, 5.41) is 6.09. The Kier molecular flexibility index (Phi) is 7.69. The van der Waals surface area contributed by atoms with Crippen molar-refractivity contribution < 1.29 is 13.9 Å². The molecule has 1 aromatic heterocycles. The van der Waals surface area contributed by atoms with Crippen LogP contribution in [-0.2, 0) is 0 Å². The first-order valence-corrected chi connectivity index (χ1v) is 12.8. The number of para-hydroxylation sites is 2. The van der Waals surface area contributed by atoms with Crippen LogP contribution in [0.25, 0.3) is 0 Å². The van der Waals surface area contributed by atoms with Crippen LogP contribution < -0.4 is 20.3 Å². The second kappa shape index (κ2) is 11.5. The molecule has 0 atom stereocenters. The van der Waals surface area contributed by atoms with E-state index < -0.39 is 11.7 Å². The molecule has 39 heavy (non-hydrogen) atoms. The number of amides is 1. The fourth-order valence-electron chi connectivity index (χ4n) is 4.43. The average Bonchev–Trinajstić information content (AvgIpc) is 2.93. The molecule has 3 aromatic carbocycles. The molecule has 4 aromatic rings. The van der Waals surface area contributed by atoms with Crippen molar-refractivity contribution in [2.45, 2.75) is 13.8 Å². The Morgan fingerprint density at radius 2 is 1.62 bits per heavy atom. The van der Waals surface area contributed by atoms with Gasteiger partial charge >= 0.3 is 0 Å². The normalized spacial score (nSPS) is 13.7. The lowest BCUT2D eigenvalue weighted by Gasteiger charge is -2.34. The van der Waals surface area contributed by atoms with Gasteiger partial charge in [0.2, 0.25) is 11.8 Å². The SMILES string of the molecule is Cc1cccc(C)c1NC(=O)c1cnc(Nc2ccc(N3CCN(C)CC3)cc2)nc1Oc1ccccc1F. The summed E-state index contributed by atoms with van der Waals surface area (Å²) in [5.41, 5.74) is 4.53. The molecule has 2 heterocycles. The lowest BCUT2D eigenvalue weighted by molar-refractivity contribution is 0.102. The van der Waals surface area contributed by atoms with Gasteiger partial charge in [-0.1, -0.05) is 30.3 Å². The number of benzene rings is 3. The topological polar surface area (TPSA) is 82.6 Å². The Hall–Kier alpha value is -4.50. The maximum atomic E-state index is 14.4. The van der Waals surface area contributed by atoms with Gasteiger partial charge in [-0.3, -0.25) is 4.79 Å². The van der Waals surface area contributed by atoms with E-state index in [1.54, 1.807) is 12.1 Å². The molecule has 0 bridgehead atoms. The van der Waals surface area contributed by atoms with Gasteiger partial charge in [-0.05, 0) is 68.4 Å². The smallest absolute Gasteiger partial charge is 0.262 e. The van der Waals surface area contributed by atoms with Crippen molar-refractivity contribution in [3.05, 3.63) is 95.4 Å². The summed E-state index contributed by atoms with van der Waals surface area (Å²) in [4.78, 5) is 26.8. The van der Waals surface area contributed by atoms with Crippen molar-refractivity contribution in [1.29, 1.82) is 0 Å². The predicted octanol–water partition coefficient (Wildman–Crippen LogP) is 5.77. The number of likely N-dealkylation sites (N-methyl/N-ethyl adjacent to an activating group) is 1. The summed E-state index contributed by atoms with van der Waals surface area (Å²) in [6.07, 6.45) is 1.38. The molecule has 1 aliphatic rings. The van der Waals surface area contributed by atoms with E-state index in [0.29, 0.717) is 5.69 Å². The molecule has 200 valence electrons. The largest absolute Gasteiger partial charge is 0.435 e. The third-order valence-corrected chi connectivity index (χ3v) is 6.75. The summed E-state index contributed by atoms with van der Waals surface area (Å²) in [7, 11) is 2.13. The first-order chi connectivity index (χ1) is 18.9. The highest BCUT2D eigenvalue weighted by Crippen LogP contribution is 2.29. The number of nitrogens with zero attached hydrogens (tertiary/aromatic N) is 4. The number of hydrogen-bond donors (Lipinski definition) is 2. The number of halogens is 1. The molecule has 5 rings (SSSR count). The van der Waals surface area contributed by atoms with Crippen LogP contribution in [0.3, 0.4) is 0 Å². The van der Waals surface area contributed by atoms with E-state index >= 15 is 0 Å². The number of ether oxygens (including phenoxy) is 1. The van der Waals surface area contributed by atoms with E-state index in [0.717, 1.165) is 48.7 Å². The molecular weight excluding hydrogens is 495 g/mol. The van der Waals surface area contributed by atoms with Gasteiger partial charge in [-0.25, -0.2) is 9.37 Å². The zero-order chi connectivity index (χ0) is 27.4. The molecule has 8 nitrogen and oxygen atoms in total. The molecule has 9 heteroatoms. The van der Waals surface area contributed by atoms with Crippen LogP contribution in [0.15, 0.2) is 72.9 Å². The number of carbonyl (C=O) groups is 1. The first-order valence-electron chi connectivity index (χ1n) is 12.8. The van der Waals surface area contributed by atoms with E-state index in [4.69, 9.17) is 4.74 Å². The molecule has 0 spiro atoms. The minimum atomic E-state index is -0.564. The van der Waals surface area contributed by atoms with Gasteiger partial charge in [-0.2, -0.15) is 4.98 Å². The van der Waals surface area contributed by atoms with E-state index in [1.165, 1.54) is 18.3 Å². The number of anilines is 4. The first kappa shape index (κ1) is 26.1. The van der Waals surface area contributed by atoms with Crippen LogP contribution in [0.1, 0.15) is 21.5 Å². The molecular formula is C30H31FN6O2. The van der Waals surface area contributed by atoms with Crippen molar-refractivity contribution >= 4 is 28.9 Å². The highest BCUT2D eigenvalue weighted by molar-refractivity contribution is 6.06. The van der Waals surface area contributed by atoms with Gasteiger partial charge in [0.1, 0.15) is 5.56 Å². The monoisotopic (exact) mass is 526 g/mol. The Labute approximate surface area is 227 Å². The molecule has 0 aliphatic carbocycles. The maximum Gasteiger partial charge on any atom is 0.262 e. The van der Waals surface area contributed by atoms with E-state index in [-0.39, 0.29) is 23.1 Å². The minimum absolute atomic E-state index is 0.0419. The quantitative estimate of drug-likeness (QED) is 0.316. The van der Waals surface area contributed by atoms with Crippen LogP contribution in [0.4, 0.5) is 27.4 Å². The molecule has 1 amide bonds. The molecule has 0 unspecified atom stereocenters. The van der Waals surface area contributed by atoms with Crippen LogP contribution in [0.2, 0.25) is 0 Å². The van der Waals surface area contributed by atoms with Gasteiger partial charge in [-0.15, -0.1) is 0 Å². The molecule has 1 saturated heterocycles. The Bertz CT molecular complexity index is 1450. The van der Waals surface area contributed by atoms with Crippen molar-refractivity contribution in [3.63, 3.8) is 0 Å². The van der Waals surface area contributed by atoms with Crippen molar-refractivity contribution in [2.24, 2.45) is 0 Å². The summed E-state index contributed by atoms with van der Waals surface area (Å²) < 4.78 is 20.2. The molecule has 0 radical (unpaired) electrons. The third-order valence-electron chi connectivity index (χ3n) is 6.75. The number of carbonyl (C=O) groups excluding carboxylic acids is 1. The average molecular weight is 527 g/mol. The fourth-order valence-corrected chi connectivity index (χ4v) is 4.43. The predicted molar refractivity (Wildman–Crippen MR) is 152 cm³/mol. The van der Waals surface area contributed by atoms with E-state index in [1.807, 2.05) is 44.2 Å². The summed E-state index contributed by atoms with van der Waals surface area (Å²) in [6.45, 7) is 7.85. The number of piperazine rings is 1. The maximum absolute atomic E-state index is 14.4. The molecule has 1 fully saturated rings. The van der Waals surface area contributed by atoms with Crippen LogP contribution in [0, 0.1) is 19.7 Å². The fraction of sp³-hybridized carbons (Fsp3) is 0.233. The minimum Gasteiger partial charge on any atom is -0.435 e. The van der Waals surface area contributed by atoms with Crippen LogP contribution >= 0.6 is 0 Å². The number of aromatic nitrogens is 2.